The van der Waals surface area contributed by atoms with E-state index in [1.165, 1.54) is 5.56 Å². The third-order valence-electron chi connectivity index (χ3n) is 5.86. The largest absolute Gasteiger partial charge is 0.466 e. The minimum Gasteiger partial charge on any atom is -0.466 e. The molecule has 6 heteroatoms. The van der Waals surface area contributed by atoms with Gasteiger partial charge in [-0.2, -0.15) is 5.10 Å². The molecule has 6 nitrogen and oxygen atoms in total. The van der Waals surface area contributed by atoms with Crippen LogP contribution >= 0.6 is 0 Å². The van der Waals surface area contributed by atoms with Crippen molar-refractivity contribution in [3.63, 3.8) is 0 Å². The highest BCUT2D eigenvalue weighted by Gasteiger charge is 2.34. The predicted molar refractivity (Wildman–Crippen MR) is 122 cm³/mol. The average molecular weight is 426 g/mol. The number of rotatable bonds is 6. The van der Waals surface area contributed by atoms with Crippen molar-refractivity contribution in [1.29, 1.82) is 0 Å². The quantitative estimate of drug-likeness (QED) is 0.621. The van der Waals surface area contributed by atoms with E-state index >= 15 is 0 Å². The van der Waals surface area contributed by atoms with Gasteiger partial charge in [-0.25, -0.2) is 4.68 Å². The van der Waals surface area contributed by atoms with Crippen LogP contribution in [-0.2, 0) is 9.53 Å². The summed E-state index contributed by atoms with van der Waals surface area (Å²) in [6.07, 6.45) is 1.56. The lowest BCUT2D eigenvalue weighted by atomic mass is 9.94. The fourth-order valence-corrected chi connectivity index (χ4v) is 4.26. The third-order valence-corrected chi connectivity index (χ3v) is 5.86. The molecular formula is C25H35N3O3. The van der Waals surface area contributed by atoms with Gasteiger partial charge in [-0.1, -0.05) is 45.4 Å². The predicted octanol–water partition coefficient (Wildman–Crippen LogP) is 4.84. The van der Waals surface area contributed by atoms with E-state index in [-0.39, 0.29) is 29.6 Å². The zero-order chi connectivity index (χ0) is 22.7. The highest BCUT2D eigenvalue weighted by atomic mass is 16.5. The van der Waals surface area contributed by atoms with Crippen molar-refractivity contribution < 1.29 is 14.3 Å². The molecule has 2 heterocycles. The number of aromatic nitrogens is 2. The second-order valence-corrected chi connectivity index (χ2v) is 9.04. The molecule has 0 unspecified atom stereocenters. The van der Waals surface area contributed by atoms with E-state index < -0.39 is 0 Å². The topological polar surface area (TPSA) is 64.4 Å². The number of ether oxygens (including phenoxy) is 1. The van der Waals surface area contributed by atoms with Crippen molar-refractivity contribution in [2.45, 2.75) is 66.2 Å². The Bertz CT molecular complexity index is 928. The van der Waals surface area contributed by atoms with Crippen LogP contribution in [0.3, 0.4) is 0 Å². The van der Waals surface area contributed by atoms with Gasteiger partial charge in [0.1, 0.15) is 0 Å². The summed E-state index contributed by atoms with van der Waals surface area (Å²) in [7, 11) is 0. The van der Waals surface area contributed by atoms with Gasteiger partial charge in [0.25, 0.3) is 5.91 Å². The molecule has 1 fully saturated rings. The molecule has 0 N–H and O–H groups in total. The van der Waals surface area contributed by atoms with Gasteiger partial charge in [-0.05, 0) is 50.7 Å². The zero-order valence-electron chi connectivity index (χ0n) is 19.6. The standard InChI is InChI=1S/C25H35N3O3/c1-7-31-25(30)19-9-8-14-27(15-19)24(29)21-22(16(2)3)26-28(23(21)17(4)5)20-12-10-18(6)11-13-20/h10-13,16-17,19H,7-9,14-15H2,1-6H3/t19-/m0/s1. The van der Waals surface area contributed by atoms with Gasteiger partial charge in [-0.15, -0.1) is 0 Å². The van der Waals surface area contributed by atoms with Gasteiger partial charge in [0, 0.05) is 13.1 Å². The molecule has 0 radical (unpaired) electrons. The van der Waals surface area contributed by atoms with E-state index in [1.807, 2.05) is 28.6 Å². The van der Waals surface area contributed by atoms with Crippen LogP contribution in [0.5, 0.6) is 0 Å². The van der Waals surface area contributed by atoms with Gasteiger partial charge in [0.15, 0.2) is 0 Å². The van der Waals surface area contributed by atoms with Gasteiger partial charge in [0.05, 0.1) is 35.2 Å². The molecule has 0 saturated carbocycles. The number of amides is 1. The highest BCUT2D eigenvalue weighted by molar-refractivity contribution is 5.97. The number of benzene rings is 1. The molecule has 1 aromatic heterocycles. The zero-order valence-corrected chi connectivity index (χ0v) is 19.6. The maximum atomic E-state index is 13.8. The molecular weight excluding hydrogens is 390 g/mol. The normalized spacial score (nSPS) is 16.8. The lowest BCUT2D eigenvalue weighted by molar-refractivity contribution is -0.149. The van der Waals surface area contributed by atoms with Gasteiger partial charge in [-0.3, -0.25) is 9.59 Å². The number of hydrogen-bond acceptors (Lipinski definition) is 4. The number of esters is 1. The number of piperidine rings is 1. The number of nitrogens with zero attached hydrogens (tertiary/aromatic N) is 3. The Balaban J connectivity index is 2.03. The van der Waals surface area contributed by atoms with E-state index in [0.717, 1.165) is 29.9 Å². The highest BCUT2D eigenvalue weighted by Crippen LogP contribution is 2.32. The monoisotopic (exact) mass is 425 g/mol. The molecule has 1 aromatic carbocycles. The smallest absolute Gasteiger partial charge is 0.310 e. The molecule has 0 bridgehead atoms. The molecule has 2 aromatic rings. The van der Waals surface area contributed by atoms with Crippen LogP contribution in [0.1, 0.15) is 86.6 Å². The molecule has 1 amide bonds. The van der Waals surface area contributed by atoms with Crippen LogP contribution in [0.15, 0.2) is 24.3 Å². The molecule has 0 spiro atoms. The average Bonchev–Trinajstić information content (AvgIpc) is 3.15. The van der Waals surface area contributed by atoms with Gasteiger partial charge < -0.3 is 9.64 Å². The summed E-state index contributed by atoms with van der Waals surface area (Å²) in [5.74, 6) is -0.266. The van der Waals surface area contributed by atoms with E-state index in [1.54, 1.807) is 0 Å². The second kappa shape index (κ2) is 9.67. The van der Waals surface area contributed by atoms with Crippen LogP contribution in [0.4, 0.5) is 0 Å². The third kappa shape index (κ3) is 4.83. The van der Waals surface area contributed by atoms with Crippen molar-refractivity contribution in [2.75, 3.05) is 19.7 Å². The van der Waals surface area contributed by atoms with Crippen molar-refractivity contribution in [3.05, 3.63) is 46.8 Å². The van der Waals surface area contributed by atoms with E-state index in [4.69, 9.17) is 9.84 Å². The summed E-state index contributed by atoms with van der Waals surface area (Å²) in [6, 6.07) is 8.22. The maximum Gasteiger partial charge on any atom is 0.310 e. The molecule has 1 saturated heterocycles. The van der Waals surface area contributed by atoms with E-state index in [2.05, 4.69) is 46.8 Å². The first-order chi connectivity index (χ1) is 14.7. The Morgan fingerprint density at radius 3 is 2.39 bits per heavy atom. The van der Waals surface area contributed by atoms with E-state index in [9.17, 15) is 9.59 Å². The summed E-state index contributed by atoms with van der Waals surface area (Å²) in [4.78, 5) is 27.9. The number of aryl methyl sites for hydroxylation is 1. The number of carbonyl (C=O) groups excluding carboxylic acids is 2. The van der Waals surface area contributed by atoms with Crippen LogP contribution in [0.2, 0.25) is 0 Å². The van der Waals surface area contributed by atoms with Crippen molar-refractivity contribution in [3.8, 4) is 5.69 Å². The minimum atomic E-state index is -0.255. The summed E-state index contributed by atoms with van der Waals surface area (Å²) in [6.45, 7) is 13.6. The molecule has 1 atom stereocenters. The van der Waals surface area contributed by atoms with Crippen LogP contribution in [0, 0.1) is 12.8 Å². The molecule has 168 valence electrons. The Hall–Kier alpha value is -2.63. The number of likely N-dealkylation sites (tertiary alicyclic amines) is 1. The van der Waals surface area contributed by atoms with E-state index in [0.29, 0.717) is 25.3 Å². The first-order valence-corrected chi connectivity index (χ1v) is 11.4. The van der Waals surface area contributed by atoms with Crippen LogP contribution < -0.4 is 0 Å². The maximum absolute atomic E-state index is 13.8. The molecule has 1 aliphatic rings. The summed E-state index contributed by atoms with van der Waals surface area (Å²) in [5, 5.41) is 4.91. The minimum absolute atomic E-state index is 0.0280. The van der Waals surface area contributed by atoms with Crippen molar-refractivity contribution in [2.24, 2.45) is 5.92 Å². The first kappa shape index (κ1) is 23.0. The second-order valence-electron chi connectivity index (χ2n) is 9.04. The Labute approximate surface area is 185 Å². The Morgan fingerprint density at radius 2 is 1.81 bits per heavy atom. The Kier molecular flexibility index (Phi) is 7.19. The summed E-state index contributed by atoms with van der Waals surface area (Å²) in [5.41, 5.74) is 4.57. The molecule has 0 aliphatic carbocycles. The van der Waals surface area contributed by atoms with Crippen LogP contribution in [-0.4, -0.2) is 46.3 Å². The summed E-state index contributed by atoms with van der Waals surface area (Å²) >= 11 is 0. The number of hydrogen-bond donors (Lipinski definition) is 0. The van der Waals surface area contributed by atoms with Crippen molar-refractivity contribution >= 4 is 11.9 Å². The summed E-state index contributed by atoms with van der Waals surface area (Å²) < 4.78 is 7.15. The SMILES string of the molecule is CCOC(=O)[C@H]1CCCN(C(=O)c2c(C(C)C)nn(-c3ccc(C)cc3)c2C(C)C)C1. The first-order valence-electron chi connectivity index (χ1n) is 11.4. The molecule has 3 rings (SSSR count). The molecule has 1 aliphatic heterocycles. The number of carbonyl (C=O) groups is 2. The van der Waals surface area contributed by atoms with Gasteiger partial charge in [0.2, 0.25) is 0 Å². The molecule has 31 heavy (non-hydrogen) atoms. The fraction of sp³-hybridized carbons (Fsp3) is 0.560. The fourth-order valence-electron chi connectivity index (χ4n) is 4.26. The lowest BCUT2D eigenvalue weighted by Crippen LogP contribution is -2.43. The van der Waals surface area contributed by atoms with Crippen LogP contribution in [0.25, 0.3) is 5.69 Å². The van der Waals surface area contributed by atoms with Crippen molar-refractivity contribution in [1.82, 2.24) is 14.7 Å². The van der Waals surface area contributed by atoms with Gasteiger partial charge >= 0.3 is 5.97 Å². The lowest BCUT2D eigenvalue weighted by Gasteiger charge is -2.32. The Morgan fingerprint density at radius 1 is 1.13 bits per heavy atom.